The summed E-state index contributed by atoms with van der Waals surface area (Å²) in [5.74, 6) is 1.80. The molecule has 0 spiro atoms. The molecule has 14 aromatic rings. The van der Waals surface area contributed by atoms with Crippen LogP contribution in [0.15, 0.2) is 243 Å². The molecule has 0 aliphatic rings. The molecule has 0 radical (unpaired) electrons. The summed E-state index contributed by atoms with van der Waals surface area (Å²) in [7, 11) is 0. The molecule has 6 nitrogen and oxygen atoms in total. The van der Waals surface area contributed by atoms with Gasteiger partial charge in [-0.15, -0.1) is 0 Å². The van der Waals surface area contributed by atoms with Crippen LogP contribution in [0.5, 0.6) is 0 Å². The van der Waals surface area contributed by atoms with E-state index in [0.717, 1.165) is 72.5 Å². The van der Waals surface area contributed by atoms with Crippen LogP contribution in [0.25, 0.3) is 128 Å². The van der Waals surface area contributed by atoms with Crippen molar-refractivity contribution in [3.05, 3.63) is 243 Å². The molecule has 0 atom stereocenters. The van der Waals surface area contributed by atoms with Gasteiger partial charge in [0.15, 0.2) is 17.5 Å². The fraction of sp³-hybridized carbons (Fsp3) is 0. The lowest BCUT2D eigenvalue weighted by molar-refractivity contribution is 1.07. The van der Waals surface area contributed by atoms with Crippen LogP contribution >= 0.6 is 0 Å². The van der Waals surface area contributed by atoms with Crippen LogP contribution in [0.4, 0.5) is 0 Å². The normalized spacial score (nSPS) is 11.8. The summed E-state index contributed by atoms with van der Waals surface area (Å²) in [5, 5.41) is 7.23. The first-order chi connectivity index (χ1) is 34.2. The predicted octanol–water partition coefficient (Wildman–Crippen LogP) is 15.8. The Hall–Kier alpha value is -9.39. The van der Waals surface area contributed by atoms with E-state index in [4.69, 9.17) is 15.0 Å². The number of nitrogens with zero attached hydrogens (tertiary/aromatic N) is 6. The molecular formula is C63H40N6. The number of para-hydroxylation sites is 5. The Kier molecular flexibility index (Phi) is 8.79. The largest absolute Gasteiger partial charge is 0.309 e. The van der Waals surface area contributed by atoms with E-state index in [2.05, 4.69) is 250 Å². The number of aromatic nitrogens is 6. The van der Waals surface area contributed by atoms with Gasteiger partial charge in [0.05, 0.1) is 33.1 Å². The number of hydrogen-bond donors (Lipinski definition) is 0. The van der Waals surface area contributed by atoms with E-state index in [1.165, 1.54) is 37.8 Å². The van der Waals surface area contributed by atoms with Gasteiger partial charge in [-0.2, -0.15) is 0 Å². The van der Waals surface area contributed by atoms with Crippen molar-refractivity contribution in [2.45, 2.75) is 0 Å². The first-order valence-electron chi connectivity index (χ1n) is 23.4. The van der Waals surface area contributed by atoms with E-state index >= 15 is 0 Å². The number of benzene rings is 10. The maximum atomic E-state index is 5.35. The standard InChI is InChI=1S/C63H40N6/c1-3-17-41(18-4-1)42-33-35-43(36-34-42)61-64-62(44-19-15-23-47(39-44)67-55-29-11-7-25-49(55)50-26-8-12-30-56(50)67)66-63(65-61)45-20-16-24-48(40-45)69-58-32-14-10-28-52(58)54-38-37-53-51-27-9-13-31-57(51)68(59(53)60(54)69)46-21-5-2-6-22-46/h1-40H. The zero-order valence-electron chi connectivity index (χ0n) is 37.3. The average Bonchev–Trinajstić information content (AvgIpc) is 4.07. The molecule has 0 bridgehead atoms. The molecule has 322 valence electrons. The second-order valence-electron chi connectivity index (χ2n) is 17.6. The van der Waals surface area contributed by atoms with Crippen LogP contribution in [-0.4, -0.2) is 28.7 Å². The van der Waals surface area contributed by atoms with Gasteiger partial charge >= 0.3 is 0 Å². The third-order valence-corrected chi connectivity index (χ3v) is 13.7. The first kappa shape index (κ1) is 38.8. The van der Waals surface area contributed by atoms with Gasteiger partial charge in [0, 0.05) is 66.1 Å². The van der Waals surface area contributed by atoms with Gasteiger partial charge in [-0.05, 0) is 71.8 Å². The minimum atomic E-state index is 0.593. The highest BCUT2D eigenvalue weighted by atomic mass is 15.1. The maximum absolute atomic E-state index is 5.35. The van der Waals surface area contributed by atoms with E-state index in [9.17, 15) is 0 Å². The smallest absolute Gasteiger partial charge is 0.164 e. The quantitative estimate of drug-likeness (QED) is 0.160. The zero-order valence-corrected chi connectivity index (χ0v) is 37.3. The van der Waals surface area contributed by atoms with Crippen LogP contribution in [0.2, 0.25) is 0 Å². The minimum Gasteiger partial charge on any atom is -0.309 e. The fourth-order valence-corrected chi connectivity index (χ4v) is 10.6. The van der Waals surface area contributed by atoms with Crippen LogP contribution < -0.4 is 0 Å². The van der Waals surface area contributed by atoms with E-state index in [1.54, 1.807) is 0 Å². The van der Waals surface area contributed by atoms with Gasteiger partial charge in [0.1, 0.15) is 0 Å². The summed E-state index contributed by atoms with van der Waals surface area (Å²) in [6.45, 7) is 0. The Morgan fingerprint density at radius 1 is 0.217 bits per heavy atom. The molecule has 4 heterocycles. The lowest BCUT2D eigenvalue weighted by Crippen LogP contribution is -2.02. The molecule has 0 aliphatic carbocycles. The van der Waals surface area contributed by atoms with Crippen molar-refractivity contribution in [3.8, 4) is 62.4 Å². The topological polar surface area (TPSA) is 53.5 Å². The summed E-state index contributed by atoms with van der Waals surface area (Å²) in [5.41, 5.74) is 15.0. The third-order valence-electron chi connectivity index (χ3n) is 13.7. The Bertz CT molecular complexity index is 4240. The summed E-state index contributed by atoms with van der Waals surface area (Å²) < 4.78 is 7.19. The van der Waals surface area contributed by atoms with Crippen LogP contribution in [-0.2, 0) is 0 Å². The van der Waals surface area contributed by atoms with Gasteiger partial charge < -0.3 is 13.7 Å². The van der Waals surface area contributed by atoms with E-state index in [0.29, 0.717) is 17.5 Å². The highest BCUT2D eigenvalue weighted by Crippen LogP contribution is 2.42. The van der Waals surface area contributed by atoms with Gasteiger partial charge in [-0.25, -0.2) is 15.0 Å². The monoisotopic (exact) mass is 880 g/mol. The first-order valence-corrected chi connectivity index (χ1v) is 23.4. The summed E-state index contributed by atoms with van der Waals surface area (Å²) in [4.78, 5) is 15.9. The van der Waals surface area contributed by atoms with Gasteiger partial charge in [-0.3, -0.25) is 0 Å². The number of rotatable bonds is 7. The van der Waals surface area contributed by atoms with Gasteiger partial charge in [0.25, 0.3) is 0 Å². The highest BCUT2D eigenvalue weighted by molar-refractivity contribution is 6.24. The van der Waals surface area contributed by atoms with Crippen LogP contribution in [0.3, 0.4) is 0 Å². The van der Waals surface area contributed by atoms with Gasteiger partial charge in [0.2, 0.25) is 0 Å². The van der Waals surface area contributed by atoms with Crippen molar-refractivity contribution in [1.29, 1.82) is 0 Å². The van der Waals surface area contributed by atoms with Crippen molar-refractivity contribution >= 4 is 65.4 Å². The second-order valence-corrected chi connectivity index (χ2v) is 17.6. The molecule has 0 N–H and O–H groups in total. The van der Waals surface area contributed by atoms with Crippen LogP contribution in [0, 0.1) is 0 Å². The Morgan fingerprint density at radius 3 is 1.06 bits per heavy atom. The number of hydrogen-bond acceptors (Lipinski definition) is 3. The van der Waals surface area contributed by atoms with Crippen molar-refractivity contribution in [2.24, 2.45) is 0 Å². The lowest BCUT2D eigenvalue weighted by Gasteiger charge is -2.14. The molecule has 0 saturated heterocycles. The van der Waals surface area contributed by atoms with Crippen molar-refractivity contribution < 1.29 is 0 Å². The fourth-order valence-electron chi connectivity index (χ4n) is 10.6. The molecule has 0 aliphatic heterocycles. The Morgan fingerprint density at radius 2 is 0.551 bits per heavy atom. The maximum Gasteiger partial charge on any atom is 0.164 e. The van der Waals surface area contributed by atoms with E-state index in [-0.39, 0.29) is 0 Å². The van der Waals surface area contributed by atoms with Crippen molar-refractivity contribution in [2.75, 3.05) is 0 Å². The van der Waals surface area contributed by atoms with Gasteiger partial charge in [-0.1, -0.05) is 182 Å². The van der Waals surface area contributed by atoms with E-state index in [1.807, 2.05) is 6.07 Å². The SMILES string of the molecule is c1ccc(-c2ccc(-c3nc(-c4cccc(-n5c6ccccc6c6ccccc65)c4)nc(-c4cccc(-n5c6ccccc6c6ccc7c8ccccc8n(-c8ccccc8)c7c65)c4)n3)cc2)cc1. The second kappa shape index (κ2) is 15.6. The minimum absolute atomic E-state index is 0.593. The molecule has 69 heavy (non-hydrogen) atoms. The molecule has 10 aromatic carbocycles. The zero-order chi connectivity index (χ0) is 45.4. The Balaban J connectivity index is 0.981. The van der Waals surface area contributed by atoms with Crippen LogP contribution in [0.1, 0.15) is 0 Å². The highest BCUT2D eigenvalue weighted by Gasteiger charge is 2.22. The predicted molar refractivity (Wildman–Crippen MR) is 285 cm³/mol. The summed E-state index contributed by atoms with van der Waals surface area (Å²) in [6.07, 6.45) is 0. The Labute approximate surface area is 397 Å². The molecule has 4 aromatic heterocycles. The molecule has 6 heteroatoms. The number of fused-ring (bicyclic) bond motifs is 10. The van der Waals surface area contributed by atoms with E-state index < -0.39 is 0 Å². The molecule has 0 fully saturated rings. The van der Waals surface area contributed by atoms with Crippen molar-refractivity contribution in [3.63, 3.8) is 0 Å². The molecule has 0 unspecified atom stereocenters. The summed E-state index contributed by atoms with van der Waals surface area (Å²) in [6, 6.07) is 86.2. The summed E-state index contributed by atoms with van der Waals surface area (Å²) >= 11 is 0. The lowest BCUT2D eigenvalue weighted by atomic mass is 10.0. The molecule has 0 saturated carbocycles. The van der Waals surface area contributed by atoms with Crippen molar-refractivity contribution in [1.82, 2.24) is 28.7 Å². The molecular weight excluding hydrogens is 841 g/mol. The molecule has 14 rings (SSSR count). The molecule has 0 amide bonds. The third kappa shape index (κ3) is 6.23. The average molecular weight is 881 g/mol.